The molecule has 0 fully saturated rings. The standard InChI is InChI=1S/C10H23NO3/c1-10(2,13-3)7-9(8-11)14-6-4-5-12/h9,12H,4-8,11H2,1-3H3. The lowest BCUT2D eigenvalue weighted by Crippen LogP contribution is -2.35. The Bertz CT molecular complexity index is 139. The van der Waals surface area contributed by atoms with Crippen molar-refractivity contribution in [1.82, 2.24) is 0 Å². The maximum atomic E-state index is 8.59. The van der Waals surface area contributed by atoms with Gasteiger partial charge in [0.05, 0.1) is 11.7 Å². The molecule has 0 saturated carbocycles. The average Bonchev–Trinajstić information content (AvgIpc) is 2.16. The molecule has 1 atom stereocenters. The van der Waals surface area contributed by atoms with Crippen LogP contribution in [0.25, 0.3) is 0 Å². The molecule has 4 nitrogen and oxygen atoms in total. The Balaban J connectivity index is 3.78. The zero-order valence-electron chi connectivity index (χ0n) is 9.45. The highest BCUT2D eigenvalue weighted by atomic mass is 16.5. The lowest BCUT2D eigenvalue weighted by molar-refractivity contribution is -0.0427. The topological polar surface area (TPSA) is 64.7 Å². The van der Waals surface area contributed by atoms with E-state index in [-0.39, 0.29) is 18.3 Å². The number of nitrogens with two attached hydrogens (primary N) is 1. The first-order valence-electron chi connectivity index (χ1n) is 5.03. The van der Waals surface area contributed by atoms with Crippen molar-refractivity contribution in [2.45, 2.75) is 38.4 Å². The van der Waals surface area contributed by atoms with Gasteiger partial charge in [0.2, 0.25) is 0 Å². The van der Waals surface area contributed by atoms with E-state index in [9.17, 15) is 0 Å². The number of rotatable bonds is 8. The second-order valence-corrected chi connectivity index (χ2v) is 3.97. The van der Waals surface area contributed by atoms with E-state index in [1.54, 1.807) is 7.11 Å². The maximum absolute atomic E-state index is 8.59. The van der Waals surface area contributed by atoms with Crippen LogP contribution in [0.5, 0.6) is 0 Å². The highest BCUT2D eigenvalue weighted by Gasteiger charge is 2.22. The van der Waals surface area contributed by atoms with Gasteiger partial charge in [-0.3, -0.25) is 0 Å². The largest absolute Gasteiger partial charge is 0.396 e. The van der Waals surface area contributed by atoms with Crippen molar-refractivity contribution in [3.8, 4) is 0 Å². The molecule has 14 heavy (non-hydrogen) atoms. The summed E-state index contributed by atoms with van der Waals surface area (Å²) < 4.78 is 10.8. The zero-order chi connectivity index (χ0) is 11.0. The van der Waals surface area contributed by atoms with Crippen molar-refractivity contribution in [3.63, 3.8) is 0 Å². The van der Waals surface area contributed by atoms with Gasteiger partial charge in [0.25, 0.3) is 0 Å². The number of hydrogen-bond acceptors (Lipinski definition) is 4. The molecule has 0 bridgehead atoms. The first-order chi connectivity index (χ1) is 6.55. The van der Waals surface area contributed by atoms with Gasteiger partial charge in [0, 0.05) is 33.3 Å². The zero-order valence-corrected chi connectivity index (χ0v) is 9.45. The molecule has 1 unspecified atom stereocenters. The highest BCUT2D eigenvalue weighted by molar-refractivity contribution is 4.74. The molecule has 0 saturated heterocycles. The molecular formula is C10H23NO3. The first-order valence-corrected chi connectivity index (χ1v) is 5.03. The molecule has 0 aromatic rings. The molecule has 0 rings (SSSR count). The Labute approximate surface area is 86.4 Å². The van der Waals surface area contributed by atoms with Crippen molar-refractivity contribution in [2.24, 2.45) is 5.73 Å². The molecule has 3 N–H and O–H groups in total. The van der Waals surface area contributed by atoms with E-state index in [1.165, 1.54) is 0 Å². The molecule has 4 heteroatoms. The minimum Gasteiger partial charge on any atom is -0.396 e. The smallest absolute Gasteiger partial charge is 0.0724 e. The van der Waals surface area contributed by atoms with Gasteiger partial charge in [-0.1, -0.05) is 0 Å². The van der Waals surface area contributed by atoms with Crippen molar-refractivity contribution < 1.29 is 14.6 Å². The number of hydrogen-bond donors (Lipinski definition) is 2. The fraction of sp³-hybridized carbons (Fsp3) is 1.00. The molecule has 0 aliphatic carbocycles. The van der Waals surface area contributed by atoms with E-state index in [4.69, 9.17) is 20.3 Å². The lowest BCUT2D eigenvalue weighted by Gasteiger charge is -2.27. The van der Waals surface area contributed by atoms with Crippen molar-refractivity contribution in [3.05, 3.63) is 0 Å². The fourth-order valence-corrected chi connectivity index (χ4v) is 1.16. The van der Waals surface area contributed by atoms with Crippen molar-refractivity contribution in [1.29, 1.82) is 0 Å². The fourth-order valence-electron chi connectivity index (χ4n) is 1.16. The first kappa shape index (κ1) is 13.8. The van der Waals surface area contributed by atoms with Crippen LogP contribution in [0.4, 0.5) is 0 Å². The van der Waals surface area contributed by atoms with Crippen LogP contribution >= 0.6 is 0 Å². The lowest BCUT2D eigenvalue weighted by atomic mass is 10.0. The van der Waals surface area contributed by atoms with Gasteiger partial charge in [0.15, 0.2) is 0 Å². The third-order valence-corrected chi connectivity index (χ3v) is 2.19. The second kappa shape index (κ2) is 7.17. The maximum Gasteiger partial charge on any atom is 0.0724 e. The molecule has 0 aromatic heterocycles. The molecule has 0 amide bonds. The number of aliphatic hydroxyl groups is 1. The minimum atomic E-state index is -0.205. The molecule has 0 radical (unpaired) electrons. The average molecular weight is 205 g/mol. The van der Waals surface area contributed by atoms with E-state index in [1.807, 2.05) is 13.8 Å². The van der Waals surface area contributed by atoms with E-state index in [2.05, 4.69) is 0 Å². The van der Waals surface area contributed by atoms with Gasteiger partial charge in [-0.25, -0.2) is 0 Å². The summed E-state index contributed by atoms with van der Waals surface area (Å²) in [6, 6.07) is 0. The SMILES string of the molecule is COC(C)(C)CC(CN)OCCCO. The predicted octanol–water partition coefficient (Wildman–Crippen LogP) is 0.528. The number of ether oxygens (including phenoxy) is 2. The van der Waals surface area contributed by atoms with E-state index in [0.29, 0.717) is 19.6 Å². The van der Waals surface area contributed by atoms with Crippen LogP contribution in [0.15, 0.2) is 0 Å². The third kappa shape index (κ3) is 6.32. The van der Waals surface area contributed by atoms with Gasteiger partial charge < -0.3 is 20.3 Å². The highest BCUT2D eigenvalue weighted by Crippen LogP contribution is 2.17. The van der Waals surface area contributed by atoms with Gasteiger partial charge in [-0.05, 0) is 20.3 Å². The van der Waals surface area contributed by atoms with Crippen molar-refractivity contribution >= 4 is 0 Å². The molecular weight excluding hydrogens is 182 g/mol. The summed E-state index contributed by atoms with van der Waals surface area (Å²) in [6.07, 6.45) is 1.44. The van der Waals surface area contributed by atoms with Crippen LogP contribution in [0.1, 0.15) is 26.7 Å². The molecule has 86 valence electrons. The minimum absolute atomic E-state index is 0.0106. The summed E-state index contributed by atoms with van der Waals surface area (Å²) in [5.74, 6) is 0. The Morgan fingerprint density at radius 2 is 2.07 bits per heavy atom. The van der Waals surface area contributed by atoms with Crippen molar-refractivity contribution in [2.75, 3.05) is 26.9 Å². The van der Waals surface area contributed by atoms with Crippen LogP contribution in [0.2, 0.25) is 0 Å². The molecule has 0 aliphatic rings. The molecule has 0 spiro atoms. The Morgan fingerprint density at radius 1 is 1.43 bits per heavy atom. The Kier molecular flexibility index (Phi) is 7.09. The van der Waals surface area contributed by atoms with Crippen LogP contribution in [-0.2, 0) is 9.47 Å². The van der Waals surface area contributed by atoms with Crippen LogP contribution in [0.3, 0.4) is 0 Å². The van der Waals surface area contributed by atoms with E-state index in [0.717, 1.165) is 6.42 Å². The van der Waals surface area contributed by atoms with Crippen LogP contribution in [-0.4, -0.2) is 43.7 Å². The van der Waals surface area contributed by atoms with E-state index < -0.39 is 0 Å². The quantitative estimate of drug-likeness (QED) is 0.567. The second-order valence-electron chi connectivity index (χ2n) is 3.97. The normalized spacial score (nSPS) is 14.4. The van der Waals surface area contributed by atoms with Gasteiger partial charge in [-0.2, -0.15) is 0 Å². The number of methoxy groups -OCH3 is 1. The third-order valence-electron chi connectivity index (χ3n) is 2.19. The van der Waals surface area contributed by atoms with Gasteiger partial charge in [0.1, 0.15) is 0 Å². The summed E-state index contributed by atoms with van der Waals surface area (Å²) in [5.41, 5.74) is 5.37. The molecule has 0 aromatic carbocycles. The van der Waals surface area contributed by atoms with Gasteiger partial charge in [-0.15, -0.1) is 0 Å². The summed E-state index contributed by atoms with van der Waals surface area (Å²) >= 11 is 0. The monoisotopic (exact) mass is 205 g/mol. The summed E-state index contributed by atoms with van der Waals surface area (Å²) in [5, 5.41) is 8.59. The van der Waals surface area contributed by atoms with Crippen LogP contribution < -0.4 is 5.73 Å². The van der Waals surface area contributed by atoms with E-state index >= 15 is 0 Å². The molecule has 0 heterocycles. The Morgan fingerprint density at radius 3 is 2.50 bits per heavy atom. The van der Waals surface area contributed by atoms with Crippen LogP contribution in [0, 0.1) is 0 Å². The Hall–Kier alpha value is -0.160. The van der Waals surface area contributed by atoms with Gasteiger partial charge >= 0.3 is 0 Å². The summed E-state index contributed by atoms with van der Waals surface area (Å²) in [4.78, 5) is 0. The summed E-state index contributed by atoms with van der Waals surface area (Å²) in [6.45, 7) is 5.21. The predicted molar refractivity (Wildman–Crippen MR) is 56.2 cm³/mol. The number of aliphatic hydroxyl groups excluding tert-OH is 1. The summed E-state index contributed by atoms with van der Waals surface area (Å²) in [7, 11) is 1.68. The molecule has 0 aliphatic heterocycles.